The van der Waals surface area contributed by atoms with Crippen molar-refractivity contribution in [1.29, 1.82) is 0 Å². The fourth-order valence-electron chi connectivity index (χ4n) is 2.52. The van der Waals surface area contributed by atoms with E-state index in [2.05, 4.69) is 25.5 Å². The van der Waals surface area contributed by atoms with E-state index in [1.165, 1.54) is 11.8 Å². The van der Waals surface area contributed by atoms with Crippen molar-refractivity contribution in [2.45, 2.75) is 4.90 Å². The summed E-state index contributed by atoms with van der Waals surface area (Å²) >= 11 is 1.52. The molecule has 0 aliphatic rings. The molecule has 4 aromatic rings. The molecule has 0 aliphatic heterocycles. The molecule has 0 radical (unpaired) electrons. The molecular weight excluding hydrogens is 336 g/mol. The van der Waals surface area contributed by atoms with Crippen molar-refractivity contribution in [3.05, 3.63) is 66.2 Å². The van der Waals surface area contributed by atoms with Gasteiger partial charge in [-0.2, -0.15) is 10.1 Å². The van der Waals surface area contributed by atoms with Crippen LogP contribution in [0.25, 0.3) is 5.65 Å². The molecule has 0 aliphatic carbocycles. The summed E-state index contributed by atoms with van der Waals surface area (Å²) in [5.41, 5.74) is 1.24. The van der Waals surface area contributed by atoms with Crippen LogP contribution in [0.2, 0.25) is 0 Å². The summed E-state index contributed by atoms with van der Waals surface area (Å²) < 4.78 is 1.78. The number of carbonyl (C=O) groups excluding carboxylic acids is 1. The van der Waals surface area contributed by atoms with Crippen molar-refractivity contribution < 1.29 is 4.79 Å². The SMILES string of the molecule is CSc1ccccc1C(=O)c1nc(Nc2ccn[nH]2)n2cccc2n1. The molecule has 0 saturated heterocycles. The summed E-state index contributed by atoms with van der Waals surface area (Å²) in [5, 5.41) is 9.85. The molecule has 0 spiro atoms. The zero-order chi connectivity index (χ0) is 17.2. The third kappa shape index (κ3) is 2.87. The van der Waals surface area contributed by atoms with Crippen molar-refractivity contribution in [2.24, 2.45) is 0 Å². The smallest absolute Gasteiger partial charge is 0.231 e. The molecule has 0 bridgehead atoms. The number of nitrogens with one attached hydrogen (secondary N) is 2. The Hall–Kier alpha value is -3.13. The van der Waals surface area contributed by atoms with Crippen LogP contribution in [0.4, 0.5) is 11.8 Å². The van der Waals surface area contributed by atoms with Crippen LogP contribution in [0.3, 0.4) is 0 Å². The molecule has 8 heteroatoms. The predicted octanol–water partition coefficient (Wildman–Crippen LogP) is 3.15. The van der Waals surface area contributed by atoms with E-state index in [1.807, 2.05) is 42.8 Å². The summed E-state index contributed by atoms with van der Waals surface area (Å²) in [4.78, 5) is 22.7. The molecule has 0 fully saturated rings. The van der Waals surface area contributed by atoms with Gasteiger partial charge in [-0.15, -0.1) is 11.8 Å². The van der Waals surface area contributed by atoms with Crippen LogP contribution >= 0.6 is 11.8 Å². The first-order chi connectivity index (χ1) is 12.3. The molecule has 0 saturated carbocycles. The number of ketones is 1. The highest BCUT2D eigenvalue weighted by atomic mass is 32.2. The molecule has 2 N–H and O–H groups in total. The zero-order valence-corrected chi connectivity index (χ0v) is 14.1. The Balaban J connectivity index is 1.81. The number of nitrogens with zero attached hydrogens (tertiary/aromatic N) is 4. The summed E-state index contributed by atoms with van der Waals surface area (Å²) in [7, 11) is 0. The number of carbonyl (C=O) groups is 1. The maximum atomic E-state index is 13.0. The minimum absolute atomic E-state index is 0.148. The monoisotopic (exact) mass is 350 g/mol. The number of hydrogen-bond donors (Lipinski definition) is 2. The Labute approximate surface area is 147 Å². The lowest BCUT2D eigenvalue weighted by atomic mass is 10.1. The lowest BCUT2D eigenvalue weighted by Crippen LogP contribution is -2.13. The molecule has 0 unspecified atom stereocenters. The second kappa shape index (κ2) is 6.40. The second-order valence-corrected chi connectivity index (χ2v) is 6.08. The normalized spacial score (nSPS) is 10.9. The predicted molar refractivity (Wildman–Crippen MR) is 96.5 cm³/mol. The van der Waals surface area contributed by atoms with Gasteiger partial charge in [0.2, 0.25) is 17.6 Å². The van der Waals surface area contributed by atoms with Crippen molar-refractivity contribution in [2.75, 3.05) is 11.6 Å². The number of fused-ring (bicyclic) bond motifs is 1. The number of benzene rings is 1. The minimum Gasteiger partial charge on any atom is -0.310 e. The van der Waals surface area contributed by atoms with Gasteiger partial charge in [0.1, 0.15) is 11.5 Å². The van der Waals surface area contributed by atoms with Gasteiger partial charge in [-0.25, -0.2) is 4.98 Å². The van der Waals surface area contributed by atoms with Gasteiger partial charge in [-0.1, -0.05) is 12.1 Å². The topological polar surface area (TPSA) is 88.0 Å². The van der Waals surface area contributed by atoms with Crippen LogP contribution in [0.15, 0.2) is 59.8 Å². The van der Waals surface area contributed by atoms with Gasteiger partial charge in [0.15, 0.2) is 0 Å². The van der Waals surface area contributed by atoms with E-state index >= 15 is 0 Å². The first-order valence-electron chi connectivity index (χ1n) is 7.55. The third-order valence-electron chi connectivity index (χ3n) is 3.69. The lowest BCUT2D eigenvalue weighted by Gasteiger charge is -2.09. The van der Waals surface area contributed by atoms with Crippen molar-refractivity contribution in [3.63, 3.8) is 0 Å². The molecule has 7 nitrogen and oxygen atoms in total. The molecule has 1 aromatic carbocycles. The highest BCUT2D eigenvalue weighted by Gasteiger charge is 2.18. The van der Waals surface area contributed by atoms with Gasteiger partial charge in [-0.05, 0) is 30.5 Å². The molecular formula is C17H14N6OS. The maximum absolute atomic E-state index is 13.0. The highest BCUT2D eigenvalue weighted by Crippen LogP contribution is 2.23. The van der Waals surface area contributed by atoms with Gasteiger partial charge < -0.3 is 5.32 Å². The quantitative estimate of drug-likeness (QED) is 0.425. The molecule has 3 aromatic heterocycles. The zero-order valence-electron chi connectivity index (χ0n) is 13.3. The van der Waals surface area contributed by atoms with Gasteiger partial charge in [0.05, 0.1) is 6.20 Å². The minimum atomic E-state index is -0.207. The van der Waals surface area contributed by atoms with E-state index < -0.39 is 0 Å². The summed E-state index contributed by atoms with van der Waals surface area (Å²) in [6.07, 6.45) is 5.41. The van der Waals surface area contributed by atoms with Crippen LogP contribution in [-0.2, 0) is 0 Å². The molecule has 124 valence electrons. The van der Waals surface area contributed by atoms with Crippen molar-refractivity contribution in [1.82, 2.24) is 24.6 Å². The van der Waals surface area contributed by atoms with Gasteiger partial charge in [-0.3, -0.25) is 14.3 Å². The fourth-order valence-corrected chi connectivity index (χ4v) is 3.11. The number of thioether (sulfide) groups is 1. The molecule has 4 rings (SSSR count). The van der Waals surface area contributed by atoms with E-state index in [1.54, 1.807) is 22.7 Å². The van der Waals surface area contributed by atoms with E-state index in [-0.39, 0.29) is 11.6 Å². The average molecular weight is 350 g/mol. The Kier molecular flexibility index (Phi) is 3.95. The number of aromatic nitrogens is 5. The van der Waals surface area contributed by atoms with Crippen LogP contribution < -0.4 is 5.32 Å². The van der Waals surface area contributed by atoms with Crippen LogP contribution in [0.1, 0.15) is 16.2 Å². The van der Waals surface area contributed by atoms with E-state index in [4.69, 9.17) is 0 Å². The number of H-pyrrole nitrogens is 1. The number of rotatable bonds is 5. The largest absolute Gasteiger partial charge is 0.310 e. The number of aromatic amines is 1. The highest BCUT2D eigenvalue weighted by molar-refractivity contribution is 7.98. The number of anilines is 2. The van der Waals surface area contributed by atoms with Gasteiger partial charge in [0, 0.05) is 22.7 Å². The molecule has 0 amide bonds. The summed E-state index contributed by atoms with van der Waals surface area (Å²) in [5.74, 6) is 1.11. The van der Waals surface area contributed by atoms with Crippen LogP contribution in [0, 0.1) is 0 Å². The first-order valence-corrected chi connectivity index (χ1v) is 8.78. The molecule has 0 atom stereocenters. The Bertz CT molecular complexity index is 1040. The first kappa shape index (κ1) is 15.4. The van der Waals surface area contributed by atoms with Crippen molar-refractivity contribution >= 4 is 35.0 Å². The average Bonchev–Trinajstić information content (AvgIpc) is 3.32. The second-order valence-electron chi connectivity index (χ2n) is 5.23. The molecule has 25 heavy (non-hydrogen) atoms. The third-order valence-corrected chi connectivity index (χ3v) is 4.49. The van der Waals surface area contributed by atoms with Crippen molar-refractivity contribution in [3.8, 4) is 0 Å². The van der Waals surface area contributed by atoms with Gasteiger partial charge >= 0.3 is 0 Å². The summed E-state index contributed by atoms with van der Waals surface area (Å²) in [6, 6.07) is 12.9. The Morgan fingerprint density at radius 1 is 1.16 bits per heavy atom. The van der Waals surface area contributed by atoms with E-state index in [9.17, 15) is 4.79 Å². The Morgan fingerprint density at radius 2 is 2.04 bits per heavy atom. The fraction of sp³-hybridized carbons (Fsp3) is 0.0588. The van der Waals surface area contributed by atoms with E-state index in [0.29, 0.717) is 23.0 Å². The maximum Gasteiger partial charge on any atom is 0.231 e. The Morgan fingerprint density at radius 3 is 2.84 bits per heavy atom. The van der Waals surface area contributed by atoms with Gasteiger partial charge in [0.25, 0.3) is 0 Å². The number of hydrogen-bond acceptors (Lipinski definition) is 6. The standard InChI is InChI=1S/C17H14N6OS/c1-25-12-6-3-2-5-11(12)15(24)16-20-14-7-4-10-23(14)17(21-16)19-13-8-9-18-22-13/h2-10H,1H3,(H2,18,19,20,21,22). The summed E-state index contributed by atoms with van der Waals surface area (Å²) in [6.45, 7) is 0. The van der Waals surface area contributed by atoms with E-state index in [0.717, 1.165) is 4.90 Å². The van der Waals surface area contributed by atoms with Crippen LogP contribution in [-0.4, -0.2) is 36.6 Å². The lowest BCUT2D eigenvalue weighted by molar-refractivity contribution is 0.102. The van der Waals surface area contributed by atoms with Crippen LogP contribution in [0.5, 0.6) is 0 Å². The molecule has 3 heterocycles.